The number of hydrogen-bond acceptors (Lipinski definition) is 5. The quantitative estimate of drug-likeness (QED) is 0.698. The zero-order valence-electron chi connectivity index (χ0n) is 13.6. The third kappa shape index (κ3) is 2.65. The van der Waals surface area contributed by atoms with E-state index in [1.54, 1.807) is 29.8 Å². The molecule has 2 bridgehead atoms. The Morgan fingerprint density at radius 3 is 2.56 bits per heavy atom. The van der Waals surface area contributed by atoms with Crippen molar-refractivity contribution in [1.82, 2.24) is 9.97 Å². The van der Waals surface area contributed by atoms with Crippen LogP contribution in [0.3, 0.4) is 0 Å². The maximum atomic E-state index is 13.1. The molecule has 3 aromatic rings. The smallest absolute Gasteiger partial charge is 0.141 e. The molecule has 2 aromatic heterocycles. The van der Waals surface area contributed by atoms with Gasteiger partial charge in [0.05, 0.1) is 5.39 Å². The van der Waals surface area contributed by atoms with Crippen LogP contribution in [0.5, 0.6) is 5.75 Å². The molecule has 5 rings (SSSR count). The highest BCUT2D eigenvalue weighted by atomic mass is 32.1. The van der Waals surface area contributed by atoms with Crippen molar-refractivity contribution in [3.05, 3.63) is 47.9 Å². The summed E-state index contributed by atoms with van der Waals surface area (Å²) in [6.45, 7) is 0. The lowest BCUT2D eigenvalue weighted by atomic mass is 9.99. The van der Waals surface area contributed by atoms with Crippen LogP contribution in [0, 0.1) is 5.82 Å². The number of halogens is 1. The first-order chi connectivity index (χ1) is 12.3. The highest BCUT2D eigenvalue weighted by molar-refractivity contribution is 7.16. The van der Waals surface area contributed by atoms with Crippen molar-refractivity contribution in [3.63, 3.8) is 0 Å². The highest BCUT2D eigenvalue weighted by Crippen LogP contribution is 2.42. The van der Waals surface area contributed by atoms with Crippen molar-refractivity contribution < 1.29 is 9.13 Å². The summed E-state index contributed by atoms with van der Waals surface area (Å²) in [5.74, 6) is 1.59. The van der Waals surface area contributed by atoms with Gasteiger partial charge in [-0.1, -0.05) is 0 Å². The van der Waals surface area contributed by atoms with Gasteiger partial charge in [0.1, 0.15) is 34.6 Å². The second-order valence-corrected chi connectivity index (χ2v) is 7.69. The molecule has 0 N–H and O–H groups in total. The van der Waals surface area contributed by atoms with E-state index < -0.39 is 0 Å². The number of rotatable bonds is 3. The molecular formula is C19H18FN3OS. The molecule has 0 aliphatic carbocycles. The zero-order valence-corrected chi connectivity index (χ0v) is 14.5. The minimum atomic E-state index is -0.231. The maximum absolute atomic E-state index is 13.1. The molecule has 0 spiro atoms. The predicted molar refractivity (Wildman–Crippen MR) is 96.8 cm³/mol. The summed E-state index contributed by atoms with van der Waals surface area (Å²) in [5.41, 5.74) is 0. The molecule has 128 valence electrons. The van der Waals surface area contributed by atoms with Crippen LogP contribution in [0.1, 0.15) is 25.7 Å². The number of aromatic nitrogens is 2. The fourth-order valence-corrected chi connectivity index (χ4v) is 4.98. The number of fused-ring (bicyclic) bond motifs is 3. The van der Waals surface area contributed by atoms with Gasteiger partial charge < -0.3 is 9.64 Å². The Balaban J connectivity index is 1.38. The molecule has 2 atom stereocenters. The van der Waals surface area contributed by atoms with Crippen molar-refractivity contribution in [1.29, 1.82) is 0 Å². The van der Waals surface area contributed by atoms with Crippen molar-refractivity contribution in [2.75, 3.05) is 4.90 Å². The summed E-state index contributed by atoms with van der Waals surface area (Å²) in [6, 6.07) is 9.34. The topological polar surface area (TPSA) is 38.2 Å². The number of ether oxygens (including phenoxy) is 1. The number of hydrogen-bond donors (Lipinski definition) is 0. The van der Waals surface area contributed by atoms with E-state index in [1.165, 1.54) is 25.0 Å². The molecule has 25 heavy (non-hydrogen) atoms. The van der Waals surface area contributed by atoms with Gasteiger partial charge in [0.2, 0.25) is 0 Å². The van der Waals surface area contributed by atoms with Crippen LogP contribution in [0.2, 0.25) is 0 Å². The molecule has 2 aliphatic rings. The van der Waals surface area contributed by atoms with E-state index >= 15 is 0 Å². The number of thiophene rings is 1. The third-order valence-corrected chi connectivity index (χ3v) is 6.11. The van der Waals surface area contributed by atoms with E-state index in [1.807, 2.05) is 0 Å². The molecule has 0 radical (unpaired) electrons. The molecule has 0 amide bonds. The van der Waals surface area contributed by atoms with Gasteiger partial charge in [-0.2, -0.15) is 0 Å². The second kappa shape index (κ2) is 5.95. The molecule has 0 unspecified atom stereocenters. The fraction of sp³-hybridized carbons (Fsp3) is 0.368. The number of nitrogens with zero attached hydrogens (tertiary/aromatic N) is 3. The van der Waals surface area contributed by atoms with Crippen molar-refractivity contribution in [2.45, 2.75) is 43.9 Å². The summed E-state index contributed by atoms with van der Waals surface area (Å²) >= 11 is 1.66. The van der Waals surface area contributed by atoms with E-state index in [-0.39, 0.29) is 11.9 Å². The Morgan fingerprint density at radius 2 is 1.80 bits per heavy atom. The molecule has 4 heterocycles. The van der Waals surface area contributed by atoms with Gasteiger partial charge in [0, 0.05) is 24.9 Å². The summed E-state index contributed by atoms with van der Waals surface area (Å²) in [7, 11) is 0. The Hall–Kier alpha value is -2.21. The SMILES string of the molecule is Fc1ccc(OC2C[C@@H]3CC[C@@H](C2)N3c2ncnc3sccc23)cc1. The molecule has 0 saturated carbocycles. The second-order valence-electron chi connectivity index (χ2n) is 6.79. The predicted octanol–water partition coefficient (Wildman–Crippen LogP) is 4.41. The molecule has 2 aliphatic heterocycles. The maximum Gasteiger partial charge on any atom is 0.141 e. The largest absolute Gasteiger partial charge is 0.490 e. The number of benzene rings is 1. The molecule has 2 saturated heterocycles. The summed E-state index contributed by atoms with van der Waals surface area (Å²) < 4.78 is 19.2. The Kier molecular flexibility index (Phi) is 3.59. The van der Waals surface area contributed by atoms with Gasteiger partial charge in [0.15, 0.2) is 0 Å². The summed E-state index contributed by atoms with van der Waals surface area (Å²) in [6.07, 6.45) is 6.15. The minimum Gasteiger partial charge on any atom is -0.490 e. The fourth-order valence-electron chi connectivity index (χ4n) is 4.26. The van der Waals surface area contributed by atoms with Gasteiger partial charge in [-0.3, -0.25) is 0 Å². The first-order valence-corrected chi connectivity index (χ1v) is 9.54. The lowest BCUT2D eigenvalue weighted by Crippen LogP contribution is -2.46. The molecular weight excluding hydrogens is 337 g/mol. The standard InChI is InChI=1S/C19H18FN3OS/c20-12-1-5-15(6-2-12)24-16-9-13-3-4-14(10-16)23(13)18-17-7-8-25-19(17)22-11-21-18/h1-2,5-8,11,13-14,16H,3-4,9-10H2/t13-,14-/m0/s1. The van der Waals surface area contributed by atoms with Gasteiger partial charge in [0.25, 0.3) is 0 Å². The van der Waals surface area contributed by atoms with Crippen LogP contribution in [-0.2, 0) is 0 Å². The van der Waals surface area contributed by atoms with E-state index in [0.717, 1.165) is 34.6 Å². The van der Waals surface area contributed by atoms with Crippen molar-refractivity contribution in [2.24, 2.45) is 0 Å². The molecule has 4 nitrogen and oxygen atoms in total. The minimum absolute atomic E-state index is 0.180. The lowest BCUT2D eigenvalue weighted by Gasteiger charge is -2.39. The van der Waals surface area contributed by atoms with Gasteiger partial charge in [-0.05, 0) is 48.6 Å². The number of piperidine rings is 1. The number of anilines is 1. The van der Waals surface area contributed by atoms with Gasteiger partial charge in [-0.25, -0.2) is 14.4 Å². The van der Waals surface area contributed by atoms with Crippen LogP contribution >= 0.6 is 11.3 Å². The van der Waals surface area contributed by atoms with Crippen LogP contribution < -0.4 is 9.64 Å². The van der Waals surface area contributed by atoms with Crippen molar-refractivity contribution >= 4 is 27.4 Å². The summed E-state index contributed by atoms with van der Waals surface area (Å²) in [4.78, 5) is 12.5. The monoisotopic (exact) mass is 355 g/mol. The van der Waals surface area contributed by atoms with Gasteiger partial charge in [-0.15, -0.1) is 11.3 Å². The van der Waals surface area contributed by atoms with Crippen LogP contribution in [0.25, 0.3) is 10.2 Å². The first kappa shape index (κ1) is 15.1. The average Bonchev–Trinajstić information content (AvgIpc) is 3.19. The molecule has 1 aromatic carbocycles. The van der Waals surface area contributed by atoms with E-state index in [9.17, 15) is 4.39 Å². The molecule has 6 heteroatoms. The van der Waals surface area contributed by atoms with Crippen LogP contribution in [0.4, 0.5) is 10.2 Å². The Bertz CT molecular complexity index is 883. The van der Waals surface area contributed by atoms with Gasteiger partial charge >= 0.3 is 0 Å². The Morgan fingerprint density at radius 1 is 1.04 bits per heavy atom. The van der Waals surface area contributed by atoms with Crippen molar-refractivity contribution in [3.8, 4) is 5.75 Å². The van der Waals surface area contributed by atoms with E-state index in [0.29, 0.717) is 12.1 Å². The zero-order chi connectivity index (χ0) is 16.8. The highest BCUT2D eigenvalue weighted by Gasteiger charge is 2.42. The Labute approximate surface area is 149 Å². The normalized spacial score (nSPS) is 25.5. The third-order valence-electron chi connectivity index (χ3n) is 5.29. The average molecular weight is 355 g/mol. The first-order valence-electron chi connectivity index (χ1n) is 8.67. The van der Waals surface area contributed by atoms with E-state index in [2.05, 4.69) is 26.3 Å². The molecule has 2 fully saturated rings. The summed E-state index contributed by atoms with van der Waals surface area (Å²) in [5, 5.41) is 3.23. The van der Waals surface area contributed by atoms with Crippen LogP contribution in [-0.4, -0.2) is 28.2 Å². The van der Waals surface area contributed by atoms with E-state index in [4.69, 9.17) is 4.74 Å². The van der Waals surface area contributed by atoms with Crippen LogP contribution in [0.15, 0.2) is 42.0 Å². The lowest BCUT2D eigenvalue weighted by molar-refractivity contribution is 0.150.